The molecule has 1 saturated heterocycles. The Morgan fingerprint density at radius 3 is 2.50 bits per heavy atom. The lowest BCUT2D eigenvalue weighted by Gasteiger charge is -2.24. The van der Waals surface area contributed by atoms with Crippen molar-refractivity contribution in [3.05, 3.63) is 35.4 Å². The molecule has 88 valence electrons. The first-order valence-corrected chi connectivity index (χ1v) is 6.58. The quantitative estimate of drug-likeness (QED) is 0.814. The zero-order valence-corrected chi connectivity index (χ0v) is 10.5. The van der Waals surface area contributed by atoms with E-state index in [1.54, 1.807) is 0 Å². The van der Waals surface area contributed by atoms with E-state index in [1.165, 1.54) is 43.4 Å². The molecule has 1 aliphatic rings. The molecule has 0 bridgehead atoms. The largest absolute Gasteiger partial charge is 0.310 e. The van der Waals surface area contributed by atoms with Gasteiger partial charge in [0.2, 0.25) is 0 Å². The smallest absolute Gasteiger partial charge is 0.0320 e. The summed E-state index contributed by atoms with van der Waals surface area (Å²) in [5, 5.41) is 3.60. The maximum Gasteiger partial charge on any atom is 0.0320 e. The highest BCUT2D eigenvalue weighted by atomic mass is 14.9. The zero-order chi connectivity index (χ0) is 11.4. The molecule has 1 fully saturated rings. The summed E-state index contributed by atoms with van der Waals surface area (Å²) in [7, 11) is 0. The second-order valence-corrected chi connectivity index (χ2v) is 5.34. The summed E-state index contributed by atoms with van der Waals surface area (Å²) in [6.07, 6.45) is 5.19. The predicted molar refractivity (Wildman–Crippen MR) is 69.6 cm³/mol. The van der Waals surface area contributed by atoms with Crippen LogP contribution in [0.3, 0.4) is 0 Å². The van der Waals surface area contributed by atoms with Crippen LogP contribution >= 0.6 is 0 Å². The van der Waals surface area contributed by atoms with Crippen molar-refractivity contribution in [1.29, 1.82) is 0 Å². The van der Waals surface area contributed by atoms with Gasteiger partial charge in [-0.1, -0.05) is 44.5 Å². The molecule has 0 aliphatic carbocycles. The maximum absolute atomic E-state index is 3.60. The summed E-state index contributed by atoms with van der Waals surface area (Å²) in [5.74, 6) is 0.749. The Labute approximate surface area is 99.3 Å². The molecule has 1 N–H and O–H groups in total. The van der Waals surface area contributed by atoms with Crippen LogP contribution in [0.15, 0.2) is 24.3 Å². The van der Waals surface area contributed by atoms with Crippen LogP contribution in [-0.4, -0.2) is 6.54 Å². The Hall–Kier alpha value is -0.820. The van der Waals surface area contributed by atoms with Crippen molar-refractivity contribution < 1.29 is 0 Å². The van der Waals surface area contributed by atoms with Crippen LogP contribution in [0.25, 0.3) is 0 Å². The average Bonchev–Trinajstić information content (AvgIpc) is 2.30. The summed E-state index contributed by atoms with van der Waals surface area (Å²) in [5.41, 5.74) is 2.93. The van der Waals surface area contributed by atoms with Gasteiger partial charge in [0, 0.05) is 6.04 Å². The van der Waals surface area contributed by atoms with E-state index in [2.05, 4.69) is 43.4 Å². The third-order valence-corrected chi connectivity index (χ3v) is 3.34. The fourth-order valence-corrected chi connectivity index (χ4v) is 2.49. The highest BCUT2D eigenvalue weighted by molar-refractivity contribution is 5.25. The molecule has 1 aromatic rings. The Morgan fingerprint density at radius 2 is 1.94 bits per heavy atom. The fraction of sp³-hybridized carbons (Fsp3) is 0.600. The first-order chi connectivity index (χ1) is 7.75. The first kappa shape index (κ1) is 11.7. The summed E-state index contributed by atoms with van der Waals surface area (Å²) in [6, 6.07) is 9.81. The van der Waals surface area contributed by atoms with Gasteiger partial charge in [-0.3, -0.25) is 0 Å². The van der Waals surface area contributed by atoms with E-state index in [4.69, 9.17) is 0 Å². The lowest BCUT2D eigenvalue weighted by Crippen LogP contribution is -2.26. The van der Waals surface area contributed by atoms with Crippen molar-refractivity contribution >= 4 is 0 Å². The number of hydrogen-bond acceptors (Lipinski definition) is 1. The minimum atomic E-state index is 0.599. The maximum atomic E-state index is 3.60. The van der Waals surface area contributed by atoms with Crippen molar-refractivity contribution in [2.24, 2.45) is 5.92 Å². The van der Waals surface area contributed by atoms with Crippen LogP contribution in [-0.2, 0) is 6.42 Å². The molecule has 1 heteroatoms. The molecule has 0 spiro atoms. The molecule has 1 aromatic carbocycles. The summed E-state index contributed by atoms with van der Waals surface area (Å²) in [4.78, 5) is 0. The van der Waals surface area contributed by atoms with E-state index in [0.29, 0.717) is 6.04 Å². The van der Waals surface area contributed by atoms with E-state index in [9.17, 15) is 0 Å². The molecule has 0 aromatic heterocycles. The van der Waals surface area contributed by atoms with Gasteiger partial charge in [0.25, 0.3) is 0 Å². The lowest BCUT2D eigenvalue weighted by molar-refractivity contribution is 0.412. The molecule has 0 radical (unpaired) electrons. The van der Waals surface area contributed by atoms with Crippen molar-refractivity contribution in [2.75, 3.05) is 6.54 Å². The molecule has 1 unspecified atom stereocenters. The normalized spacial score (nSPS) is 21.3. The predicted octanol–water partition coefficient (Wildman–Crippen LogP) is 3.70. The van der Waals surface area contributed by atoms with Crippen LogP contribution in [0.1, 0.15) is 50.3 Å². The Bertz CT molecular complexity index is 307. The summed E-state index contributed by atoms with van der Waals surface area (Å²) < 4.78 is 0. The number of rotatable bonds is 3. The Balaban J connectivity index is 2.00. The summed E-state index contributed by atoms with van der Waals surface area (Å²) >= 11 is 0. The molecule has 1 aliphatic heterocycles. The first-order valence-electron chi connectivity index (χ1n) is 6.58. The number of hydrogen-bond donors (Lipinski definition) is 1. The van der Waals surface area contributed by atoms with Crippen LogP contribution in [0.5, 0.6) is 0 Å². The molecule has 1 heterocycles. The lowest BCUT2D eigenvalue weighted by atomic mass is 9.95. The molecule has 0 saturated carbocycles. The molecule has 1 nitrogen and oxygen atoms in total. The Kier molecular flexibility index (Phi) is 4.00. The van der Waals surface area contributed by atoms with E-state index >= 15 is 0 Å². The Morgan fingerprint density at radius 1 is 1.19 bits per heavy atom. The highest BCUT2D eigenvalue weighted by Crippen LogP contribution is 2.23. The van der Waals surface area contributed by atoms with Crippen LogP contribution in [0, 0.1) is 5.92 Å². The molecular formula is C15H23N. The van der Waals surface area contributed by atoms with Gasteiger partial charge in [-0.05, 0) is 42.9 Å². The molecular weight excluding hydrogens is 194 g/mol. The second kappa shape index (κ2) is 5.49. The van der Waals surface area contributed by atoms with Gasteiger partial charge in [-0.25, -0.2) is 0 Å². The highest BCUT2D eigenvalue weighted by Gasteiger charge is 2.14. The van der Waals surface area contributed by atoms with Crippen LogP contribution in [0.4, 0.5) is 0 Å². The molecule has 2 rings (SSSR count). The van der Waals surface area contributed by atoms with E-state index in [0.717, 1.165) is 5.92 Å². The van der Waals surface area contributed by atoms with E-state index in [1.807, 2.05) is 0 Å². The minimum absolute atomic E-state index is 0.599. The second-order valence-electron chi connectivity index (χ2n) is 5.34. The third kappa shape index (κ3) is 3.08. The standard InChI is InChI=1S/C15H23N/c1-12(2)11-13-6-8-14(9-7-13)15-5-3-4-10-16-15/h6-9,12,15-16H,3-5,10-11H2,1-2H3. The molecule has 0 amide bonds. The molecule has 16 heavy (non-hydrogen) atoms. The minimum Gasteiger partial charge on any atom is -0.310 e. The van der Waals surface area contributed by atoms with Crippen LogP contribution in [0.2, 0.25) is 0 Å². The van der Waals surface area contributed by atoms with Gasteiger partial charge in [0.05, 0.1) is 0 Å². The van der Waals surface area contributed by atoms with E-state index < -0.39 is 0 Å². The van der Waals surface area contributed by atoms with E-state index in [-0.39, 0.29) is 0 Å². The summed E-state index contributed by atoms with van der Waals surface area (Å²) in [6.45, 7) is 5.73. The van der Waals surface area contributed by atoms with Crippen molar-refractivity contribution in [3.8, 4) is 0 Å². The number of nitrogens with one attached hydrogen (secondary N) is 1. The average molecular weight is 217 g/mol. The van der Waals surface area contributed by atoms with Crippen molar-refractivity contribution in [3.63, 3.8) is 0 Å². The third-order valence-electron chi connectivity index (χ3n) is 3.34. The van der Waals surface area contributed by atoms with Gasteiger partial charge in [-0.15, -0.1) is 0 Å². The van der Waals surface area contributed by atoms with Gasteiger partial charge >= 0.3 is 0 Å². The van der Waals surface area contributed by atoms with Gasteiger partial charge in [-0.2, -0.15) is 0 Å². The molecule has 1 atom stereocenters. The zero-order valence-electron chi connectivity index (χ0n) is 10.5. The van der Waals surface area contributed by atoms with Crippen molar-refractivity contribution in [1.82, 2.24) is 5.32 Å². The fourth-order valence-electron chi connectivity index (χ4n) is 2.49. The number of piperidine rings is 1. The van der Waals surface area contributed by atoms with Crippen molar-refractivity contribution in [2.45, 2.75) is 45.6 Å². The number of benzene rings is 1. The van der Waals surface area contributed by atoms with Gasteiger partial charge in [0.15, 0.2) is 0 Å². The SMILES string of the molecule is CC(C)Cc1ccc(C2CCCCN2)cc1. The monoisotopic (exact) mass is 217 g/mol. The van der Waals surface area contributed by atoms with Crippen LogP contribution < -0.4 is 5.32 Å². The van der Waals surface area contributed by atoms with Gasteiger partial charge in [0.1, 0.15) is 0 Å². The topological polar surface area (TPSA) is 12.0 Å². The van der Waals surface area contributed by atoms with Gasteiger partial charge < -0.3 is 5.32 Å².